The zero-order valence-electron chi connectivity index (χ0n) is 12.4. The molecule has 1 aliphatic rings. The Morgan fingerprint density at radius 2 is 2.25 bits per heavy atom. The van der Waals surface area contributed by atoms with Gasteiger partial charge in [0.15, 0.2) is 0 Å². The molecule has 1 aliphatic heterocycles. The van der Waals surface area contributed by atoms with Gasteiger partial charge in [-0.3, -0.25) is 4.79 Å². The Labute approximate surface area is 120 Å². The average molecular weight is 276 g/mol. The van der Waals surface area contributed by atoms with E-state index in [1.807, 2.05) is 18.9 Å². The Morgan fingerprint density at radius 1 is 1.45 bits per heavy atom. The molecule has 2 rings (SSSR count). The van der Waals surface area contributed by atoms with Crippen molar-refractivity contribution in [2.24, 2.45) is 0 Å². The second-order valence-corrected chi connectivity index (χ2v) is 5.54. The van der Waals surface area contributed by atoms with E-state index in [4.69, 9.17) is 0 Å². The monoisotopic (exact) mass is 276 g/mol. The van der Waals surface area contributed by atoms with Crippen LogP contribution in [0.4, 0.5) is 0 Å². The molecule has 1 amide bonds. The largest absolute Gasteiger partial charge is 0.508 e. The molecular formula is C16H24N2O2. The number of aryl methyl sites for hydroxylation is 1. The van der Waals surface area contributed by atoms with Crippen molar-refractivity contribution in [1.82, 2.24) is 10.2 Å². The standard InChI is InChI=1S/C16H24N2O2/c1-12-6-7-13(11-15(12)19)16(20)18-10-4-3-5-14(18)8-9-17-2/h6-7,11,14,17,19H,3-5,8-10H2,1-2H3. The summed E-state index contributed by atoms with van der Waals surface area (Å²) >= 11 is 0. The first-order valence-corrected chi connectivity index (χ1v) is 7.38. The Hall–Kier alpha value is -1.55. The van der Waals surface area contributed by atoms with E-state index in [2.05, 4.69) is 5.32 Å². The molecule has 1 unspecified atom stereocenters. The van der Waals surface area contributed by atoms with E-state index in [1.165, 1.54) is 6.42 Å². The van der Waals surface area contributed by atoms with E-state index < -0.39 is 0 Å². The number of nitrogens with one attached hydrogen (secondary N) is 1. The number of carbonyl (C=O) groups excluding carboxylic acids is 1. The number of phenols is 1. The van der Waals surface area contributed by atoms with Crippen molar-refractivity contribution in [3.05, 3.63) is 29.3 Å². The average Bonchev–Trinajstić information content (AvgIpc) is 2.47. The van der Waals surface area contributed by atoms with Crippen molar-refractivity contribution in [3.63, 3.8) is 0 Å². The van der Waals surface area contributed by atoms with Crippen LogP contribution >= 0.6 is 0 Å². The highest BCUT2D eigenvalue weighted by Crippen LogP contribution is 2.24. The van der Waals surface area contributed by atoms with Gasteiger partial charge in [0.2, 0.25) is 0 Å². The Kier molecular flexibility index (Phi) is 5.01. The van der Waals surface area contributed by atoms with Crippen molar-refractivity contribution >= 4 is 5.91 Å². The zero-order chi connectivity index (χ0) is 14.5. The second kappa shape index (κ2) is 6.75. The van der Waals surface area contributed by atoms with E-state index in [0.717, 1.165) is 37.9 Å². The first-order valence-electron chi connectivity index (χ1n) is 7.38. The maximum Gasteiger partial charge on any atom is 0.254 e. The molecule has 0 bridgehead atoms. The van der Waals surface area contributed by atoms with E-state index in [9.17, 15) is 9.90 Å². The summed E-state index contributed by atoms with van der Waals surface area (Å²) in [7, 11) is 1.94. The topological polar surface area (TPSA) is 52.6 Å². The molecule has 4 nitrogen and oxygen atoms in total. The van der Waals surface area contributed by atoms with E-state index >= 15 is 0 Å². The molecule has 4 heteroatoms. The molecule has 1 aromatic carbocycles. The minimum absolute atomic E-state index is 0.0427. The summed E-state index contributed by atoms with van der Waals surface area (Å²) in [5.74, 6) is 0.237. The van der Waals surface area contributed by atoms with Gasteiger partial charge < -0.3 is 15.3 Å². The summed E-state index contributed by atoms with van der Waals surface area (Å²) < 4.78 is 0. The van der Waals surface area contributed by atoms with Crippen molar-refractivity contribution in [2.45, 2.75) is 38.6 Å². The van der Waals surface area contributed by atoms with Gasteiger partial charge in [0.25, 0.3) is 5.91 Å². The molecule has 20 heavy (non-hydrogen) atoms. The number of hydrogen-bond donors (Lipinski definition) is 2. The van der Waals surface area contributed by atoms with Crippen LogP contribution in [-0.4, -0.2) is 42.1 Å². The van der Waals surface area contributed by atoms with Gasteiger partial charge in [-0.05, 0) is 63.9 Å². The number of likely N-dealkylation sites (tertiary alicyclic amines) is 1. The van der Waals surface area contributed by atoms with Gasteiger partial charge in [-0.25, -0.2) is 0 Å². The second-order valence-electron chi connectivity index (χ2n) is 5.54. The van der Waals surface area contributed by atoms with Crippen LogP contribution in [-0.2, 0) is 0 Å². The first-order chi connectivity index (χ1) is 9.63. The molecular weight excluding hydrogens is 252 g/mol. The molecule has 0 aliphatic carbocycles. The molecule has 0 saturated carbocycles. The Balaban J connectivity index is 2.14. The van der Waals surface area contributed by atoms with E-state index in [0.29, 0.717) is 11.6 Å². The lowest BCUT2D eigenvalue weighted by molar-refractivity contribution is 0.0602. The summed E-state index contributed by atoms with van der Waals surface area (Å²) in [6.45, 7) is 3.58. The highest BCUT2D eigenvalue weighted by molar-refractivity contribution is 5.95. The molecule has 1 fully saturated rings. The fraction of sp³-hybridized carbons (Fsp3) is 0.562. The lowest BCUT2D eigenvalue weighted by Crippen LogP contribution is -2.44. The van der Waals surface area contributed by atoms with Gasteiger partial charge >= 0.3 is 0 Å². The molecule has 1 atom stereocenters. The quantitative estimate of drug-likeness (QED) is 0.887. The first kappa shape index (κ1) is 14.9. The van der Waals surface area contributed by atoms with Gasteiger partial charge in [-0.2, -0.15) is 0 Å². The third-order valence-corrected chi connectivity index (χ3v) is 4.07. The summed E-state index contributed by atoms with van der Waals surface area (Å²) in [6.07, 6.45) is 4.32. The Morgan fingerprint density at radius 3 is 2.95 bits per heavy atom. The zero-order valence-corrected chi connectivity index (χ0v) is 12.4. The molecule has 0 spiro atoms. The van der Waals surface area contributed by atoms with Gasteiger partial charge in [0.05, 0.1) is 0 Å². The van der Waals surface area contributed by atoms with Gasteiger partial charge in [-0.15, -0.1) is 0 Å². The molecule has 1 heterocycles. The molecule has 0 aromatic heterocycles. The lowest BCUT2D eigenvalue weighted by Gasteiger charge is -2.36. The maximum atomic E-state index is 12.6. The Bertz CT molecular complexity index is 474. The molecule has 110 valence electrons. The minimum Gasteiger partial charge on any atom is -0.508 e. The number of benzene rings is 1. The molecule has 2 N–H and O–H groups in total. The molecule has 0 radical (unpaired) electrons. The number of amides is 1. The van der Waals surface area contributed by atoms with Crippen LogP contribution in [0.25, 0.3) is 0 Å². The normalized spacial score (nSPS) is 19.1. The number of nitrogens with zero attached hydrogens (tertiary/aromatic N) is 1. The van der Waals surface area contributed by atoms with Crippen LogP contribution in [0.1, 0.15) is 41.6 Å². The predicted octanol–water partition coefficient (Wildman–Crippen LogP) is 2.30. The SMILES string of the molecule is CNCCC1CCCCN1C(=O)c1ccc(C)c(O)c1. The number of carbonyl (C=O) groups is 1. The van der Waals surface area contributed by atoms with Crippen LogP contribution in [0, 0.1) is 6.92 Å². The number of piperidine rings is 1. The predicted molar refractivity (Wildman–Crippen MR) is 80.1 cm³/mol. The van der Waals surface area contributed by atoms with Gasteiger partial charge in [0.1, 0.15) is 5.75 Å². The fourth-order valence-corrected chi connectivity index (χ4v) is 2.79. The van der Waals surface area contributed by atoms with Gasteiger partial charge in [-0.1, -0.05) is 6.07 Å². The smallest absolute Gasteiger partial charge is 0.254 e. The fourth-order valence-electron chi connectivity index (χ4n) is 2.79. The van der Waals surface area contributed by atoms with Crippen LogP contribution in [0.15, 0.2) is 18.2 Å². The number of hydrogen-bond acceptors (Lipinski definition) is 3. The number of rotatable bonds is 4. The third kappa shape index (κ3) is 3.31. The minimum atomic E-state index is 0.0427. The van der Waals surface area contributed by atoms with Crippen LogP contribution in [0.5, 0.6) is 5.75 Å². The van der Waals surface area contributed by atoms with Gasteiger partial charge in [0, 0.05) is 18.2 Å². The van der Waals surface area contributed by atoms with Crippen molar-refractivity contribution in [1.29, 1.82) is 0 Å². The van der Waals surface area contributed by atoms with E-state index in [-0.39, 0.29) is 11.7 Å². The highest BCUT2D eigenvalue weighted by Gasteiger charge is 2.27. The summed E-state index contributed by atoms with van der Waals surface area (Å²) in [4.78, 5) is 14.6. The highest BCUT2D eigenvalue weighted by atomic mass is 16.3. The van der Waals surface area contributed by atoms with Crippen LogP contribution in [0.3, 0.4) is 0 Å². The summed E-state index contributed by atoms with van der Waals surface area (Å²) in [6, 6.07) is 5.50. The number of aromatic hydroxyl groups is 1. The van der Waals surface area contributed by atoms with Crippen molar-refractivity contribution < 1.29 is 9.90 Å². The lowest BCUT2D eigenvalue weighted by atomic mass is 9.98. The van der Waals surface area contributed by atoms with Crippen LogP contribution < -0.4 is 5.32 Å². The van der Waals surface area contributed by atoms with Crippen molar-refractivity contribution in [3.8, 4) is 5.75 Å². The number of phenolic OH excluding ortho intramolecular Hbond substituents is 1. The maximum absolute atomic E-state index is 12.6. The van der Waals surface area contributed by atoms with Crippen molar-refractivity contribution in [2.75, 3.05) is 20.1 Å². The third-order valence-electron chi connectivity index (χ3n) is 4.07. The summed E-state index contributed by atoms with van der Waals surface area (Å²) in [5, 5.41) is 12.9. The van der Waals surface area contributed by atoms with E-state index in [1.54, 1.807) is 18.2 Å². The molecule has 1 saturated heterocycles. The summed E-state index contributed by atoms with van der Waals surface area (Å²) in [5.41, 5.74) is 1.39. The van der Waals surface area contributed by atoms with Crippen LogP contribution in [0.2, 0.25) is 0 Å². The molecule has 1 aromatic rings.